The first-order valence-electron chi connectivity index (χ1n) is 4.80. The van der Waals surface area contributed by atoms with Crippen molar-refractivity contribution in [1.82, 2.24) is 4.98 Å². The van der Waals surface area contributed by atoms with E-state index >= 15 is 0 Å². The van der Waals surface area contributed by atoms with Gasteiger partial charge in [-0.3, -0.25) is 9.78 Å². The van der Waals surface area contributed by atoms with Gasteiger partial charge >= 0.3 is 12.1 Å². The zero-order valence-corrected chi connectivity index (χ0v) is 8.74. The van der Waals surface area contributed by atoms with Crippen molar-refractivity contribution in [3.8, 4) is 0 Å². The summed E-state index contributed by atoms with van der Waals surface area (Å²) < 4.78 is 37.0. The average Bonchev–Trinajstić information content (AvgIpc) is 2.25. The Morgan fingerprint density at radius 2 is 2.12 bits per heavy atom. The predicted octanol–water partition coefficient (Wildman–Crippen LogP) is 1.44. The number of carboxylic acid groups (broad SMARTS) is 1. The number of pyridine rings is 1. The molecule has 0 amide bonds. The Hall–Kier alpha value is -1.63. The highest BCUT2D eigenvalue weighted by Crippen LogP contribution is 2.29. The van der Waals surface area contributed by atoms with Crippen molar-refractivity contribution in [3.05, 3.63) is 29.6 Å². The molecule has 1 aromatic rings. The van der Waals surface area contributed by atoms with Crippen LogP contribution in [0.4, 0.5) is 13.2 Å². The molecule has 0 bridgehead atoms. The predicted molar refractivity (Wildman–Crippen MR) is 53.2 cm³/mol. The fourth-order valence-corrected chi connectivity index (χ4v) is 1.22. The van der Waals surface area contributed by atoms with Crippen molar-refractivity contribution in [2.45, 2.75) is 25.1 Å². The summed E-state index contributed by atoms with van der Waals surface area (Å²) in [7, 11) is 0. The van der Waals surface area contributed by atoms with E-state index in [2.05, 4.69) is 4.98 Å². The van der Waals surface area contributed by atoms with Crippen molar-refractivity contribution in [1.29, 1.82) is 0 Å². The Labute approximate surface area is 95.3 Å². The van der Waals surface area contributed by atoms with E-state index in [1.54, 1.807) is 0 Å². The maximum Gasteiger partial charge on any atom is 0.417 e. The van der Waals surface area contributed by atoms with Gasteiger partial charge in [-0.1, -0.05) is 0 Å². The third-order valence-corrected chi connectivity index (χ3v) is 2.18. The maximum atomic E-state index is 12.3. The molecule has 0 aliphatic heterocycles. The number of carbonyl (C=O) groups is 1. The lowest BCUT2D eigenvalue weighted by molar-refractivity contribution is -0.139. The van der Waals surface area contributed by atoms with Gasteiger partial charge < -0.3 is 10.8 Å². The molecule has 0 aliphatic rings. The standard InChI is InChI=1S/C10H11F3N2O2/c11-10(12,13)7-3-6(4-15-5-7)1-2-8(14)9(16)17/h3-5,8H,1-2,14H2,(H,16,17). The molecule has 0 fully saturated rings. The van der Waals surface area contributed by atoms with E-state index in [0.717, 1.165) is 12.3 Å². The molecule has 0 saturated heterocycles. The summed E-state index contributed by atoms with van der Waals surface area (Å²) in [6.45, 7) is 0. The average molecular weight is 248 g/mol. The number of carboxylic acids is 1. The Kier molecular flexibility index (Phi) is 4.06. The second-order valence-corrected chi connectivity index (χ2v) is 3.56. The van der Waals surface area contributed by atoms with Crippen LogP contribution in [0.5, 0.6) is 0 Å². The molecule has 0 radical (unpaired) electrons. The molecular weight excluding hydrogens is 237 g/mol. The van der Waals surface area contributed by atoms with Gasteiger partial charge in [0.15, 0.2) is 0 Å². The monoisotopic (exact) mass is 248 g/mol. The Balaban J connectivity index is 2.70. The topological polar surface area (TPSA) is 76.2 Å². The van der Waals surface area contributed by atoms with Crippen molar-refractivity contribution in [3.63, 3.8) is 0 Å². The molecule has 1 heterocycles. The van der Waals surface area contributed by atoms with E-state index in [4.69, 9.17) is 10.8 Å². The minimum atomic E-state index is -4.45. The van der Waals surface area contributed by atoms with E-state index in [9.17, 15) is 18.0 Å². The van der Waals surface area contributed by atoms with Crippen molar-refractivity contribution in [2.75, 3.05) is 0 Å². The molecule has 1 unspecified atom stereocenters. The Bertz CT molecular complexity index is 407. The minimum Gasteiger partial charge on any atom is -0.480 e. The number of halogens is 3. The number of alkyl halides is 3. The van der Waals surface area contributed by atoms with Gasteiger partial charge in [-0.15, -0.1) is 0 Å². The second kappa shape index (κ2) is 5.13. The lowest BCUT2D eigenvalue weighted by Gasteiger charge is -2.09. The highest BCUT2D eigenvalue weighted by atomic mass is 19.4. The molecule has 0 aromatic carbocycles. The number of rotatable bonds is 4. The van der Waals surface area contributed by atoms with E-state index < -0.39 is 23.8 Å². The third kappa shape index (κ3) is 4.03. The number of aromatic nitrogens is 1. The largest absolute Gasteiger partial charge is 0.480 e. The van der Waals surface area contributed by atoms with Crippen LogP contribution in [0.25, 0.3) is 0 Å². The summed E-state index contributed by atoms with van der Waals surface area (Å²) in [5, 5.41) is 8.52. The molecule has 1 atom stereocenters. The minimum absolute atomic E-state index is 0.0678. The van der Waals surface area contributed by atoms with Crippen LogP contribution in [0.2, 0.25) is 0 Å². The summed E-state index contributed by atoms with van der Waals surface area (Å²) in [6.07, 6.45) is -2.24. The summed E-state index contributed by atoms with van der Waals surface area (Å²) in [5.74, 6) is -1.18. The second-order valence-electron chi connectivity index (χ2n) is 3.56. The quantitative estimate of drug-likeness (QED) is 0.845. The first-order chi connectivity index (χ1) is 7.80. The third-order valence-electron chi connectivity index (χ3n) is 2.18. The summed E-state index contributed by atoms with van der Waals surface area (Å²) in [4.78, 5) is 13.9. The van der Waals surface area contributed by atoms with Crippen LogP contribution >= 0.6 is 0 Å². The lowest BCUT2D eigenvalue weighted by Crippen LogP contribution is -2.30. The lowest BCUT2D eigenvalue weighted by atomic mass is 10.1. The number of aryl methyl sites for hydroxylation is 1. The molecule has 0 saturated carbocycles. The van der Waals surface area contributed by atoms with Gasteiger partial charge in [-0.05, 0) is 24.5 Å². The maximum absolute atomic E-state index is 12.3. The summed E-state index contributed by atoms with van der Waals surface area (Å²) in [5.41, 5.74) is 4.71. The number of hydrogen-bond donors (Lipinski definition) is 2. The van der Waals surface area contributed by atoms with Gasteiger partial charge in [0, 0.05) is 12.4 Å². The van der Waals surface area contributed by atoms with Gasteiger partial charge in [-0.25, -0.2) is 0 Å². The Morgan fingerprint density at radius 3 is 2.65 bits per heavy atom. The SMILES string of the molecule is NC(CCc1cncc(C(F)(F)F)c1)C(=O)O. The number of hydrogen-bond acceptors (Lipinski definition) is 3. The fourth-order valence-electron chi connectivity index (χ4n) is 1.22. The van der Waals surface area contributed by atoms with E-state index in [1.807, 2.05) is 0 Å². The van der Waals surface area contributed by atoms with Crippen LogP contribution in [0.15, 0.2) is 18.5 Å². The first kappa shape index (κ1) is 13.4. The van der Waals surface area contributed by atoms with E-state index in [1.165, 1.54) is 6.20 Å². The van der Waals surface area contributed by atoms with Crippen molar-refractivity contribution >= 4 is 5.97 Å². The smallest absolute Gasteiger partial charge is 0.417 e. The van der Waals surface area contributed by atoms with Crippen LogP contribution in [0.1, 0.15) is 17.5 Å². The van der Waals surface area contributed by atoms with Crippen LogP contribution in [0, 0.1) is 0 Å². The normalized spacial score (nSPS) is 13.4. The molecule has 4 nitrogen and oxygen atoms in total. The zero-order valence-electron chi connectivity index (χ0n) is 8.74. The molecule has 3 N–H and O–H groups in total. The zero-order chi connectivity index (χ0) is 13.1. The van der Waals surface area contributed by atoms with Gasteiger partial charge in [-0.2, -0.15) is 13.2 Å². The molecule has 17 heavy (non-hydrogen) atoms. The summed E-state index contributed by atoms with van der Waals surface area (Å²) in [6, 6.07) is -0.133. The fraction of sp³-hybridized carbons (Fsp3) is 0.400. The van der Waals surface area contributed by atoms with E-state index in [0.29, 0.717) is 5.56 Å². The Morgan fingerprint density at radius 1 is 1.47 bits per heavy atom. The number of nitrogens with zero attached hydrogens (tertiary/aromatic N) is 1. The molecule has 1 aromatic heterocycles. The number of nitrogens with two attached hydrogens (primary N) is 1. The highest BCUT2D eigenvalue weighted by molar-refractivity contribution is 5.73. The van der Waals surface area contributed by atoms with Crippen LogP contribution in [-0.2, 0) is 17.4 Å². The van der Waals surface area contributed by atoms with Gasteiger partial charge in [0.25, 0.3) is 0 Å². The van der Waals surface area contributed by atoms with E-state index in [-0.39, 0.29) is 12.8 Å². The first-order valence-corrected chi connectivity index (χ1v) is 4.80. The van der Waals surface area contributed by atoms with Crippen LogP contribution in [0.3, 0.4) is 0 Å². The van der Waals surface area contributed by atoms with Gasteiger partial charge in [0.1, 0.15) is 6.04 Å². The molecule has 0 spiro atoms. The molecule has 94 valence electrons. The summed E-state index contributed by atoms with van der Waals surface area (Å²) >= 11 is 0. The molecule has 0 aliphatic carbocycles. The molecule has 7 heteroatoms. The number of aliphatic carboxylic acids is 1. The van der Waals surface area contributed by atoms with Gasteiger partial charge in [0.05, 0.1) is 5.56 Å². The van der Waals surface area contributed by atoms with Crippen LogP contribution < -0.4 is 5.73 Å². The highest BCUT2D eigenvalue weighted by Gasteiger charge is 2.30. The van der Waals surface area contributed by atoms with Gasteiger partial charge in [0.2, 0.25) is 0 Å². The van der Waals surface area contributed by atoms with Crippen molar-refractivity contribution in [2.24, 2.45) is 5.73 Å². The molecular formula is C10H11F3N2O2. The van der Waals surface area contributed by atoms with Crippen molar-refractivity contribution < 1.29 is 23.1 Å². The molecule has 1 rings (SSSR count). The van der Waals surface area contributed by atoms with Crippen LogP contribution in [-0.4, -0.2) is 22.1 Å².